The summed E-state index contributed by atoms with van der Waals surface area (Å²) in [5.74, 6) is -0.445. The molecule has 6 nitrogen and oxygen atoms in total. The molecule has 0 saturated carbocycles. The third-order valence-corrected chi connectivity index (χ3v) is 14.9. The Morgan fingerprint density at radius 3 is 2.00 bits per heavy atom. The number of aromatic amines is 1. The van der Waals surface area contributed by atoms with Crippen molar-refractivity contribution in [2.75, 3.05) is 45.9 Å². The predicted octanol–water partition coefficient (Wildman–Crippen LogP) is 15.2. The van der Waals surface area contributed by atoms with Gasteiger partial charge in [-0.05, 0) is 189 Å². The monoisotopic (exact) mass is 1040 g/mol. The zero-order valence-electron chi connectivity index (χ0n) is 51.2. The molecular formula is C66H111F3N6. The van der Waals surface area contributed by atoms with E-state index in [0.29, 0.717) is 35.4 Å². The van der Waals surface area contributed by atoms with E-state index in [9.17, 15) is 4.39 Å². The minimum atomic E-state index is -1.48. The zero-order chi connectivity index (χ0) is 56.5. The lowest BCUT2D eigenvalue weighted by Crippen LogP contribution is -2.49. The Morgan fingerprint density at radius 2 is 1.48 bits per heavy atom. The molecule has 5 atom stereocenters. The second kappa shape index (κ2) is 34.4. The molecule has 4 heterocycles. The summed E-state index contributed by atoms with van der Waals surface area (Å²) >= 11 is 0. The van der Waals surface area contributed by atoms with E-state index in [2.05, 4.69) is 124 Å². The fourth-order valence-electron chi connectivity index (χ4n) is 10.6. The smallest absolute Gasteiger partial charge is 0.131 e. The fourth-order valence-corrected chi connectivity index (χ4v) is 10.6. The predicted molar refractivity (Wildman–Crippen MR) is 323 cm³/mol. The molecule has 0 radical (unpaired) electrons. The number of alkyl halides is 1. The standard InChI is InChI=1S/C29H51N3.C24H29F3N2.C7H13N.3C2H6/c1-23(2)25(4)27-14-12-26(13-15-27)20-24(3)21-28(29(5,6)7)31-16-10-8-9-11-18-32-19-17-30-22-32;1-5-15-11-18(25)21(19(26)12-15)23-22-17(16-8-6-7-9-20(16)28-22)10-14(2)29(23)13-24(3,4)27;1-6(2)7-4-3-5-8-7;3*1-2/h12-15,24,28,30-31H,8-11,16-22H2,1-7H3;8-9,11-12,14,23,28H,5-7,10,13H2,1-4H3;7-8H,1,3-5H2,2H3;3*1-2H3. The summed E-state index contributed by atoms with van der Waals surface area (Å²) < 4.78 is 45.1. The molecule has 3 aliphatic heterocycles. The van der Waals surface area contributed by atoms with Gasteiger partial charge in [0.1, 0.15) is 17.3 Å². The van der Waals surface area contributed by atoms with Crippen LogP contribution in [0.1, 0.15) is 222 Å². The number of nitrogens with zero attached hydrogens (tertiary/aromatic N) is 2. The first kappa shape index (κ1) is 67.6. The van der Waals surface area contributed by atoms with Gasteiger partial charge in [0.05, 0.1) is 6.04 Å². The number of rotatable bonds is 18. The molecule has 2 saturated heterocycles. The van der Waals surface area contributed by atoms with E-state index in [1.54, 1.807) is 0 Å². The van der Waals surface area contributed by atoms with Crippen molar-refractivity contribution in [1.82, 2.24) is 30.7 Å². The van der Waals surface area contributed by atoms with Crippen molar-refractivity contribution in [3.63, 3.8) is 0 Å². The molecule has 5 unspecified atom stereocenters. The maximum absolute atomic E-state index is 15.2. The fraction of sp³-hybridized carbons (Fsp3) is 0.667. The van der Waals surface area contributed by atoms with Gasteiger partial charge in [-0.1, -0.05) is 143 Å². The van der Waals surface area contributed by atoms with Crippen LogP contribution < -0.4 is 26.5 Å². The molecule has 1 aromatic heterocycles. The first-order valence-electron chi connectivity index (χ1n) is 29.8. The van der Waals surface area contributed by atoms with Crippen molar-refractivity contribution in [2.24, 2.45) is 11.3 Å². The van der Waals surface area contributed by atoms with Gasteiger partial charge in [0.25, 0.3) is 0 Å². The Morgan fingerprint density at radius 1 is 0.853 bits per heavy atom. The highest BCUT2D eigenvalue weighted by Gasteiger charge is 2.41. The average molecular weight is 1050 g/mol. The van der Waals surface area contributed by atoms with E-state index in [4.69, 9.17) is 0 Å². The number of benzene rings is 2. The Labute approximate surface area is 458 Å². The summed E-state index contributed by atoms with van der Waals surface area (Å²) in [5.41, 5.74) is 8.25. The number of halogens is 3. The minimum Gasteiger partial charge on any atom is -0.357 e. The van der Waals surface area contributed by atoms with Gasteiger partial charge in [-0.25, -0.2) is 13.2 Å². The molecule has 2 aromatic carbocycles. The summed E-state index contributed by atoms with van der Waals surface area (Å²) in [6.45, 7) is 48.2. The van der Waals surface area contributed by atoms with Crippen molar-refractivity contribution in [3.05, 3.63) is 110 Å². The largest absolute Gasteiger partial charge is 0.357 e. The highest BCUT2D eigenvalue weighted by Crippen LogP contribution is 2.40. The van der Waals surface area contributed by atoms with Crippen LogP contribution in [0.5, 0.6) is 0 Å². The van der Waals surface area contributed by atoms with E-state index >= 15 is 8.78 Å². The normalized spacial score (nSPS) is 18.9. The first-order valence-corrected chi connectivity index (χ1v) is 29.8. The van der Waals surface area contributed by atoms with Gasteiger partial charge in [0.2, 0.25) is 0 Å². The summed E-state index contributed by atoms with van der Waals surface area (Å²) in [6.07, 6.45) is 17.9. The summed E-state index contributed by atoms with van der Waals surface area (Å²) in [5, 5.41) is 12.9. The average Bonchev–Trinajstić information content (AvgIpc) is 4.19. The molecule has 4 N–H and O–H groups in total. The number of aromatic nitrogens is 1. The molecule has 0 spiro atoms. The molecule has 2 fully saturated rings. The Balaban J connectivity index is 0.000000411. The molecule has 0 amide bonds. The van der Waals surface area contributed by atoms with Crippen LogP contribution in [-0.2, 0) is 19.3 Å². The molecule has 4 aliphatic rings. The van der Waals surface area contributed by atoms with Crippen molar-refractivity contribution >= 4 is 17.7 Å². The summed E-state index contributed by atoms with van der Waals surface area (Å²) in [4.78, 5) is 7.89. The number of aryl methyl sites for hydroxylation is 1. The van der Waals surface area contributed by atoms with E-state index in [1.165, 1.54) is 118 Å². The zero-order valence-corrected chi connectivity index (χ0v) is 51.2. The van der Waals surface area contributed by atoms with Crippen LogP contribution in [-0.4, -0.2) is 84.5 Å². The number of H-pyrrole nitrogens is 1. The van der Waals surface area contributed by atoms with Gasteiger partial charge >= 0.3 is 0 Å². The maximum atomic E-state index is 15.2. The number of fused-ring (bicyclic) bond motifs is 3. The first-order chi connectivity index (χ1) is 35.7. The van der Waals surface area contributed by atoms with Crippen molar-refractivity contribution in [2.45, 2.75) is 232 Å². The Hall–Kier alpha value is -3.47. The number of allylic oxidation sites excluding steroid dienone is 2. The van der Waals surface area contributed by atoms with Crippen LogP contribution in [0.3, 0.4) is 0 Å². The van der Waals surface area contributed by atoms with E-state index < -0.39 is 23.3 Å². The molecule has 426 valence electrons. The summed E-state index contributed by atoms with van der Waals surface area (Å²) in [7, 11) is 0. The van der Waals surface area contributed by atoms with Gasteiger partial charge < -0.3 is 20.9 Å². The molecule has 9 heteroatoms. The highest BCUT2D eigenvalue weighted by atomic mass is 19.1. The highest BCUT2D eigenvalue weighted by molar-refractivity contribution is 5.66. The molecule has 1 aliphatic carbocycles. The topological polar surface area (TPSA) is 58.4 Å². The third kappa shape index (κ3) is 22.1. The van der Waals surface area contributed by atoms with Crippen LogP contribution in [0.15, 0.2) is 54.1 Å². The van der Waals surface area contributed by atoms with Crippen LogP contribution in [0.2, 0.25) is 0 Å². The molecule has 0 bridgehead atoms. The van der Waals surface area contributed by atoms with Crippen molar-refractivity contribution in [3.8, 4) is 0 Å². The van der Waals surface area contributed by atoms with Crippen LogP contribution in [0, 0.1) is 23.0 Å². The number of nitrogens with one attached hydrogen (secondary N) is 4. The quantitative estimate of drug-likeness (QED) is 0.0756. The van der Waals surface area contributed by atoms with Crippen LogP contribution in [0.25, 0.3) is 17.7 Å². The second-order valence-electron chi connectivity index (χ2n) is 22.9. The lowest BCUT2D eigenvalue weighted by Gasteiger charge is -2.43. The van der Waals surface area contributed by atoms with Gasteiger partial charge in [-0.3, -0.25) is 9.80 Å². The number of unbranched alkanes of at least 4 members (excludes halogenated alkanes) is 3. The van der Waals surface area contributed by atoms with Crippen LogP contribution in [0.4, 0.5) is 13.2 Å². The Kier molecular flexibility index (Phi) is 31.0. The lowest BCUT2D eigenvalue weighted by molar-refractivity contribution is 0.0639. The van der Waals surface area contributed by atoms with Gasteiger partial charge in [-0.15, -0.1) is 0 Å². The summed E-state index contributed by atoms with van der Waals surface area (Å²) in [6, 6.07) is 12.6. The molecule has 7 rings (SSSR count). The van der Waals surface area contributed by atoms with E-state index in [-0.39, 0.29) is 18.2 Å². The maximum Gasteiger partial charge on any atom is 0.131 e. The molecule has 75 heavy (non-hydrogen) atoms. The molecular weight excluding hydrogens is 934 g/mol. The van der Waals surface area contributed by atoms with Crippen LogP contribution >= 0.6 is 0 Å². The van der Waals surface area contributed by atoms with Gasteiger partial charge in [-0.2, -0.15) is 0 Å². The second-order valence-corrected chi connectivity index (χ2v) is 22.9. The van der Waals surface area contributed by atoms with Crippen molar-refractivity contribution < 1.29 is 13.2 Å². The lowest BCUT2D eigenvalue weighted by atomic mass is 9.80. The van der Waals surface area contributed by atoms with Crippen molar-refractivity contribution in [1.29, 1.82) is 0 Å². The number of hydrogen-bond donors (Lipinski definition) is 4. The SMILES string of the molecule is C=C(C)C1CCCN1.CC.CC.CC.CC(C)=C(C)c1ccc(CC(C)CC(NCCCCCCN2CCNC2)C(C)(C)C)cc1.CCc1cc(F)c(C2c3[nH]c4c(c3CC(C)N2CC(C)(C)F)=CCCC=4)c(F)c1. The van der Waals surface area contributed by atoms with Gasteiger partial charge in [0, 0.05) is 61.0 Å². The van der Waals surface area contributed by atoms with Gasteiger partial charge in [0.15, 0.2) is 0 Å². The third-order valence-electron chi connectivity index (χ3n) is 14.9. The van der Waals surface area contributed by atoms with E-state index in [1.807, 2.05) is 60.3 Å². The Bertz CT molecular complexity index is 2210. The molecule has 3 aromatic rings. The van der Waals surface area contributed by atoms with E-state index in [0.717, 1.165) is 67.3 Å². The number of hydrogen-bond acceptors (Lipinski definition) is 5. The minimum absolute atomic E-state index is 0.0119.